The van der Waals surface area contributed by atoms with Crippen molar-refractivity contribution < 1.29 is 18.3 Å². The third-order valence-electron chi connectivity index (χ3n) is 5.29. The fourth-order valence-electron chi connectivity index (χ4n) is 3.72. The van der Waals surface area contributed by atoms with Crippen LogP contribution in [0.15, 0.2) is 30.6 Å². The Morgan fingerprint density at radius 1 is 1.27 bits per heavy atom. The number of fused-ring (bicyclic) bond motifs is 1. The summed E-state index contributed by atoms with van der Waals surface area (Å²) < 4.78 is 33.8. The molecule has 158 valence electrons. The number of alkyl halides is 2. The highest BCUT2D eigenvalue weighted by molar-refractivity contribution is 6.13. The van der Waals surface area contributed by atoms with Crippen molar-refractivity contribution in [1.82, 2.24) is 19.7 Å². The molecule has 0 unspecified atom stereocenters. The molecule has 3 N–H and O–H groups in total. The molecule has 0 aliphatic heterocycles. The van der Waals surface area contributed by atoms with Crippen molar-refractivity contribution in [3.8, 4) is 0 Å². The lowest BCUT2D eigenvalue weighted by atomic mass is 9.92. The van der Waals surface area contributed by atoms with Crippen LogP contribution in [0, 0.1) is 0 Å². The summed E-state index contributed by atoms with van der Waals surface area (Å²) >= 11 is 0. The zero-order chi connectivity index (χ0) is 21.3. The van der Waals surface area contributed by atoms with E-state index in [0.29, 0.717) is 23.3 Å². The molecule has 2 aromatic heterocycles. The molecule has 1 aromatic carbocycles. The van der Waals surface area contributed by atoms with Crippen LogP contribution in [0.1, 0.15) is 47.8 Å². The van der Waals surface area contributed by atoms with Gasteiger partial charge in [0.1, 0.15) is 12.1 Å². The number of carbonyl (C=O) groups is 1. The van der Waals surface area contributed by atoms with Gasteiger partial charge < -0.3 is 15.8 Å². The SMILES string of the molecule is COCc1ccc(NC(=O)c2nn(C3CCC(F)(F)CC3)c3ncnc(N)c23)cc1. The number of methoxy groups -OCH3 is 1. The topological polar surface area (TPSA) is 108 Å². The molecule has 0 atom stereocenters. The van der Waals surface area contributed by atoms with Gasteiger partial charge in [0.2, 0.25) is 5.92 Å². The fraction of sp³-hybridized carbons (Fsp3) is 0.400. The Morgan fingerprint density at radius 2 is 1.97 bits per heavy atom. The van der Waals surface area contributed by atoms with E-state index in [2.05, 4.69) is 20.4 Å². The summed E-state index contributed by atoms with van der Waals surface area (Å²) in [6.07, 6.45) is 1.32. The lowest BCUT2D eigenvalue weighted by molar-refractivity contribution is -0.0446. The zero-order valence-corrected chi connectivity index (χ0v) is 16.4. The third kappa shape index (κ3) is 3.95. The number of amides is 1. The van der Waals surface area contributed by atoms with Crippen molar-refractivity contribution in [2.24, 2.45) is 0 Å². The van der Waals surface area contributed by atoms with E-state index in [9.17, 15) is 13.6 Å². The Balaban J connectivity index is 1.64. The van der Waals surface area contributed by atoms with Gasteiger partial charge in [-0.1, -0.05) is 12.1 Å². The number of aromatic nitrogens is 4. The number of hydrogen-bond donors (Lipinski definition) is 2. The van der Waals surface area contributed by atoms with Gasteiger partial charge in [0, 0.05) is 25.6 Å². The zero-order valence-electron chi connectivity index (χ0n) is 16.4. The van der Waals surface area contributed by atoms with Crippen LogP contribution in [0.25, 0.3) is 11.0 Å². The summed E-state index contributed by atoms with van der Waals surface area (Å²) in [5.41, 5.74) is 8.00. The van der Waals surface area contributed by atoms with E-state index >= 15 is 0 Å². The lowest BCUT2D eigenvalue weighted by Gasteiger charge is -2.28. The second-order valence-corrected chi connectivity index (χ2v) is 7.42. The van der Waals surface area contributed by atoms with Gasteiger partial charge in [-0.05, 0) is 30.5 Å². The summed E-state index contributed by atoms with van der Waals surface area (Å²) in [4.78, 5) is 21.1. The minimum atomic E-state index is -2.66. The highest BCUT2D eigenvalue weighted by Gasteiger charge is 2.37. The van der Waals surface area contributed by atoms with Crippen LogP contribution in [0.2, 0.25) is 0 Å². The summed E-state index contributed by atoms with van der Waals surface area (Å²) in [7, 11) is 1.61. The number of halogens is 2. The Labute approximate surface area is 171 Å². The van der Waals surface area contributed by atoms with E-state index in [0.717, 1.165) is 5.56 Å². The monoisotopic (exact) mass is 416 g/mol. The second kappa shape index (κ2) is 7.94. The number of nitrogens with zero attached hydrogens (tertiary/aromatic N) is 4. The van der Waals surface area contributed by atoms with Gasteiger partial charge in [-0.25, -0.2) is 23.4 Å². The summed E-state index contributed by atoms with van der Waals surface area (Å²) in [5.74, 6) is -3.02. The number of ether oxygens (including phenoxy) is 1. The maximum absolute atomic E-state index is 13.6. The maximum Gasteiger partial charge on any atom is 0.277 e. The van der Waals surface area contributed by atoms with Gasteiger partial charge in [-0.3, -0.25) is 4.79 Å². The molecule has 2 heterocycles. The number of hydrogen-bond acceptors (Lipinski definition) is 6. The third-order valence-corrected chi connectivity index (χ3v) is 5.29. The molecule has 1 aliphatic carbocycles. The van der Waals surface area contributed by atoms with Gasteiger partial charge in [0.25, 0.3) is 5.91 Å². The molecule has 1 fully saturated rings. The Hall–Kier alpha value is -3.14. The molecule has 1 saturated carbocycles. The fourth-order valence-corrected chi connectivity index (χ4v) is 3.72. The van der Waals surface area contributed by atoms with Crippen LogP contribution in [-0.2, 0) is 11.3 Å². The quantitative estimate of drug-likeness (QED) is 0.658. The molecule has 1 amide bonds. The van der Waals surface area contributed by atoms with E-state index in [4.69, 9.17) is 10.5 Å². The van der Waals surface area contributed by atoms with Crippen molar-refractivity contribution in [1.29, 1.82) is 0 Å². The molecular weight excluding hydrogens is 394 g/mol. The highest BCUT2D eigenvalue weighted by atomic mass is 19.3. The predicted molar refractivity (Wildman–Crippen MR) is 107 cm³/mol. The molecule has 10 heteroatoms. The van der Waals surface area contributed by atoms with E-state index in [1.165, 1.54) is 6.33 Å². The number of anilines is 2. The van der Waals surface area contributed by atoms with Crippen molar-refractivity contribution in [3.63, 3.8) is 0 Å². The molecule has 0 bridgehead atoms. The van der Waals surface area contributed by atoms with Crippen LogP contribution < -0.4 is 11.1 Å². The molecule has 3 aromatic rings. The Kier molecular flexibility index (Phi) is 5.33. The number of carbonyl (C=O) groups excluding carboxylic acids is 1. The van der Waals surface area contributed by atoms with Crippen molar-refractivity contribution >= 4 is 28.4 Å². The molecule has 4 rings (SSSR count). The average molecular weight is 416 g/mol. The van der Waals surface area contributed by atoms with Crippen LogP contribution in [0.3, 0.4) is 0 Å². The van der Waals surface area contributed by atoms with E-state index in [1.807, 2.05) is 12.1 Å². The molecule has 1 aliphatic rings. The normalized spacial score (nSPS) is 16.6. The smallest absolute Gasteiger partial charge is 0.277 e. The molecule has 8 nitrogen and oxygen atoms in total. The Morgan fingerprint density at radius 3 is 2.63 bits per heavy atom. The summed E-state index contributed by atoms with van der Waals surface area (Å²) in [6.45, 7) is 0.470. The first-order valence-corrected chi connectivity index (χ1v) is 9.64. The van der Waals surface area contributed by atoms with Gasteiger partial charge in [-0.15, -0.1) is 0 Å². The number of rotatable bonds is 5. The van der Waals surface area contributed by atoms with Crippen molar-refractivity contribution in [2.75, 3.05) is 18.2 Å². The Bertz CT molecular complexity index is 1060. The van der Waals surface area contributed by atoms with Crippen molar-refractivity contribution in [3.05, 3.63) is 41.9 Å². The average Bonchev–Trinajstić information content (AvgIpc) is 3.11. The van der Waals surface area contributed by atoms with E-state index in [1.54, 1.807) is 23.9 Å². The first kappa shape index (κ1) is 20.1. The van der Waals surface area contributed by atoms with Crippen LogP contribution >= 0.6 is 0 Å². The minimum absolute atomic E-state index is 0.0707. The van der Waals surface area contributed by atoms with Gasteiger partial charge in [0.05, 0.1) is 18.0 Å². The molecule has 30 heavy (non-hydrogen) atoms. The van der Waals surface area contributed by atoms with Gasteiger partial charge in [-0.2, -0.15) is 5.10 Å². The minimum Gasteiger partial charge on any atom is -0.383 e. The summed E-state index contributed by atoms with van der Waals surface area (Å²) in [6, 6.07) is 6.92. The van der Waals surface area contributed by atoms with E-state index < -0.39 is 11.8 Å². The van der Waals surface area contributed by atoms with Crippen LogP contribution in [-0.4, -0.2) is 38.7 Å². The first-order valence-electron chi connectivity index (χ1n) is 9.64. The number of nitrogen functional groups attached to an aromatic ring is 1. The second-order valence-electron chi connectivity index (χ2n) is 7.42. The maximum atomic E-state index is 13.6. The number of nitrogens with one attached hydrogen (secondary N) is 1. The lowest BCUT2D eigenvalue weighted by Crippen LogP contribution is -2.27. The predicted octanol–water partition coefficient (Wildman–Crippen LogP) is 3.56. The standard InChI is InChI=1S/C20H22F2N6O2/c1-30-10-12-2-4-13(5-3-12)26-19(29)16-15-17(23)24-11-25-18(15)28(27-16)14-6-8-20(21,22)9-7-14/h2-5,11,14H,6-10H2,1H3,(H,26,29)(H2,23,24,25). The molecule has 0 saturated heterocycles. The molecule has 0 radical (unpaired) electrons. The van der Waals surface area contributed by atoms with Crippen LogP contribution in [0.5, 0.6) is 0 Å². The molecule has 0 spiro atoms. The van der Waals surface area contributed by atoms with E-state index in [-0.39, 0.29) is 43.2 Å². The van der Waals surface area contributed by atoms with Crippen molar-refractivity contribution in [2.45, 2.75) is 44.3 Å². The molecular formula is C20H22F2N6O2. The number of nitrogens with two attached hydrogens (primary N) is 1. The highest BCUT2D eigenvalue weighted by Crippen LogP contribution is 2.39. The largest absolute Gasteiger partial charge is 0.383 e. The number of benzene rings is 1. The van der Waals surface area contributed by atoms with Gasteiger partial charge >= 0.3 is 0 Å². The van der Waals surface area contributed by atoms with Crippen LogP contribution in [0.4, 0.5) is 20.3 Å². The first-order chi connectivity index (χ1) is 14.4. The summed E-state index contributed by atoms with van der Waals surface area (Å²) in [5, 5.41) is 7.53. The van der Waals surface area contributed by atoms with Gasteiger partial charge in [0.15, 0.2) is 11.3 Å².